The molecule has 0 atom stereocenters. The topological polar surface area (TPSA) is 47.2 Å². The van der Waals surface area contributed by atoms with Gasteiger partial charge in [0.15, 0.2) is 0 Å². The minimum atomic E-state index is -0.127. The van der Waals surface area contributed by atoms with Gasteiger partial charge in [-0.25, -0.2) is 4.79 Å². The summed E-state index contributed by atoms with van der Waals surface area (Å²) >= 11 is 0. The summed E-state index contributed by atoms with van der Waals surface area (Å²) < 4.78 is 3.36. The molecule has 1 aliphatic heterocycles. The fourth-order valence-electron chi connectivity index (χ4n) is 3.55. The number of amides is 1. The SMILES string of the molecule is O=C(Cn1c(=O)n(Cc2ccccc2)c2ccccc21)N1CCCC1. The zero-order valence-electron chi connectivity index (χ0n) is 14.1. The molecule has 0 saturated carbocycles. The van der Waals surface area contributed by atoms with Gasteiger partial charge in [-0.3, -0.25) is 13.9 Å². The van der Waals surface area contributed by atoms with Crippen LogP contribution in [0.25, 0.3) is 11.0 Å². The Bertz CT molecular complexity index is 950. The molecule has 0 aliphatic carbocycles. The molecule has 1 aliphatic rings. The molecule has 2 heterocycles. The zero-order valence-corrected chi connectivity index (χ0v) is 14.1. The van der Waals surface area contributed by atoms with E-state index in [2.05, 4.69) is 0 Å². The van der Waals surface area contributed by atoms with E-state index < -0.39 is 0 Å². The smallest absolute Gasteiger partial charge is 0.329 e. The number of benzene rings is 2. The Balaban J connectivity index is 1.73. The van der Waals surface area contributed by atoms with Crippen molar-refractivity contribution >= 4 is 16.9 Å². The molecule has 1 fully saturated rings. The number of hydrogen-bond acceptors (Lipinski definition) is 2. The van der Waals surface area contributed by atoms with Crippen molar-refractivity contribution in [3.8, 4) is 0 Å². The number of fused-ring (bicyclic) bond motifs is 1. The lowest BCUT2D eigenvalue weighted by Gasteiger charge is -2.15. The van der Waals surface area contributed by atoms with Gasteiger partial charge in [-0.1, -0.05) is 42.5 Å². The molecule has 5 nitrogen and oxygen atoms in total. The molecule has 0 bridgehead atoms. The Hall–Kier alpha value is -2.82. The van der Waals surface area contributed by atoms with Crippen LogP contribution in [-0.2, 0) is 17.9 Å². The average molecular weight is 335 g/mol. The van der Waals surface area contributed by atoms with Crippen molar-refractivity contribution in [1.82, 2.24) is 14.0 Å². The number of carbonyl (C=O) groups excluding carboxylic acids is 1. The van der Waals surface area contributed by atoms with Gasteiger partial charge in [0.2, 0.25) is 5.91 Å². The van der Waals surface area contributed by atoms with Crippen molar-refractivity contribution < 1.29 is 4.79 Å². The van der Waals surface area contributed by atoms with Crippen molar-refractivity contribution in [1.29, 1.82) is 0 Å². The van der Waals surface area contributed by atoms with Gasteiger partial charge in [-0.05, 0) is 30.5 Å². The fraction of sp³-hybridized carbons (Fsp3) is 0.300. The third-order valence-corrected chi connectivity index (χ3v) is 4.86. The maximum atomic E-state index is 13.0. The number of para-hydroxylation sites is 2. The van der Waals surface area contributed by atoms with Crippen LogP contribution in [0.2, 0.25) is 0 Å². The Morgan fingerprint density at radius 2 is 1.44 bits per heavy atom. The summed E-state index contributed by atoms with van der Waals surface area (Å²) in [7, 11) is 0. The second-order valence-electron chi connectivity index (χ2n) is 6.52. The van der Waals surface area contributed by atoms with Crippen LogP contribution in [0.5, 0.6) is 0 Å². The van der Waals surface area contributed by atoms with Crippen molar-refractivity contribution in [2.75, 3.05) is 13.1 Å². The molecular weight excluding hydrogens is 314 g/mol. The quantitative estimate of drug-likeness (QED) is 0.735. The molecule has 2 aromatic carbocycles. The lowest BCUT2D eigenvalue weighted by atomic mass is 10.2. The molecule has 3 aromatic rings. The van der Waals surface area contributed by atoms with Crippen LogP contribution in [0.15, 0.2) is 59.4 Å². The number of aromatic nitrogens is 2. The summed E-state index contributed by atoms with van der Waals surface area (Å²) in [6, 6.07) is 17.6. The zero-order chi connectivity index (χ0) is 17.2. The summed E-state index contributed by atoms with van der Waals surface area (Å²) in [4.78, 5) is 27.4. The van der Waals surface area contributed by atoms with E-state index in [0.29, 0.717) is 6.54 Å². The molecule has 128 valence electrons. The number of nitrogens with zero attached hydrogens (tertiary/aromatic N) is 3. The largest absolute Gasteiger partial charge is 0.341 e. The first-order valence-electron chi connectivity index (χ1n) is 8.74. The third kappa shape index (κ3) is 2.97. The van der Waals surface area contributed by atoms with Crippen molar-refractivity contribution in [2.24, 2.45) is 0 Å². The Morgan fingerprint density at radius 3 is 2.12 bits per heavy atom. The monoisotopic (exact) mass is 335 g/mol. The van der Waals surface area contributed by atoms with E-state index >= 15 is 0 Å². The summed E-state index contributed by atoms with van der Waals surface area (Å²) in [6.45, 7) is 2.22. The first kappa shape index (κ1) is 15.7. The number of imidazole rings is 1. The standard InChI is InChI=1S/C20H21N3O2/c24-19(21-12-6-7-13-21)15-23-18-11-5-4-10-17(18)22(20(23)25)14-16-8-2-1-3-9-16/h1-5,8-11H,6-7,12-15H2. The van der Waals surface area contributed by atoms with Gasteiger partial charge in [-0.2, -0.15) is 0 Å². The van der Waals surface area contributed by atoms with E-state index in [0.717, 1.165) is 42.5 Å². The van der Waals surface area contributed by atoms with Crippen LogP contribution in [0.4, 0.5) is 0 Å². The van der Waals surface area contributed by atoms with Crippen LogP contribution in [-0.4, -0.2) is 33.0 Å². The predicted molar refractivity (Wildman–Crippen MR) is 97.6 cm³/mol. The molecule has 25 heavy (non-hydrogen) atoms. The fourth-order valence-corrected chi connectivity index (χ4v) is 3.55. The van der Waals surface area contributed by atoms with Gasteiger partial charge >= 0.3 is 5.69 Å². The van der Waals surface area contributed by atoms with Crippen molar-refractivity contribution in [3.05, 3.63) is 70.6 Å². The number of likely N-dealkylation sites (tertiary alicyclic amines) is 1. The summed E-state index contributed by atoms with van der Waals surface area (Å²) in [5.74, 6) is 0.0298. The molecule has 4 rings (SSSR count). The first-order valence-corrected chi connectivity index (χ1v) is 8.74. The molecule has 0 N–H and O–H groups in total. The van der Waals surface area contributed by atoms with Gasteiger partial charge in [0.25, 0.3) is 0 Å². The van der Waals surface area contributed by atoms with Crippen molar-refractivity contribution in [2.45, 2.75) is 25.9 Å². The van der Waals surface area contributed by atoms with Crippen LogP contribution in [0.1, 0.15) is 18.4 Å². The predicted octanol–water partition coefficient (Wildman–Crippen LogP) is 2.47. The highest BCUT2D eigenvalue weighted by Gasteiger charge is 2.21. The van der Waals surface area contributed by atoms with E-state index in [4.69, 9.17) is 0 Å². The Morgan fingerprint density at radius 1 is 0.840 bits per heavy atom. The molecular formula is C20H21N3O2. The summed E-state index contributed by atoms with van der Waals surface area (Å²) in [5.41, 5.74) is 2.62. The maximum Gasteiger partial charge on any atom is 0.329 e. The average Bonchev–Trinajstić information content (AvgIpc) is 3.26. The highest BCUT2D eigenvalue weighted by molar-refractivity contribution is 5.81. The maximum absolute atomic E-state index is 13.0. The van der Waals surface area contributed by atoms with E-state index in [9.17, 15) is 9.59 Å². The van der Waals surface area contributed by atoms with E-state index in [1.54, 1.807) is 9.13 Å². The summed E-state index contributed by atoms with van der Waals surface area (Å²) in [6.07, 6.45) is 2.10. The number of rotatable bonds is 4. The second-order valence-corrected chi connectivity index (χ2v) is 6.52. The molecule has 1 aromatic heterocycles. The van der Waals surface area contributed by atoms with Gasteiger partial charge in [0.1, 0.15) is 6.54 Å². The van der Waals surface area contributed by atoms with Crippen LogP contribution < -0.4 is 5.69 Å². The lowest BCUT2D eigenvalue weighted by molar-refractivity contribution is -0.130. The molecule has 1 amide bonds. The minimum Gasteiger partial charge on any atom is -0.341 e. The highest BCUT2D eigenvalue weighted by atomic mass is 16.2. The highest BCUT2D eigenvalue weighted by Crippen LogP contribution is 2.16. The second kappa shape index (κ2) is 6.59. The van der Waals surface area contributed by atoms with E-state index in [1.807, 2.05) is 59.5 Å². The van der Waals surface area contributed by atoms with Crippen LogP contribution >= 0.6 is 0 Å². The first-order chi connectivity index (χ1) is 12.2. The Labute approximate surface area is 146 Å². The summed E-state index contributed by atoms with van der Waals surface area (Å²) in [5, 5.41) is 0. The van der Waals surface area contributed by atoms with Crippen molar-refractivity contribution in [3.63, 3.8) is 0 Å². The Kier molecular flexibility index (Phi) is 4.14. The number of hydrogen-bond donors (Lipinski definition) is 0. The molecule has 0 radical (unpaired) electrons. The van der Waals surface area contributed by atoms with Gasteiger partial charge < -0.3 is 4.90 Å². The van der Waals surface area contributed by atoms with Gasteiger partial charge in [-0.15, -0.1) is 0 Å². The van der Waals surface area contributed by atoms with E-state index in [1.165, 1.54) is 0 Å². The minimum absolute atomic E-state index is 0.0298. The normalized spacial score (nSPS) is 14.3. The molecule has 1 saturated heterocycles. The van der Waals surface area contributed by atoms with Crippen LogP contribution in [0, 0.1) is 0 Å². The molecule has 0 unspecified atom stereocenters. The van der Waals surface area contributed by atoms with E-state index in [-0.39, 0.29) is 18.1 Å². The van der Waals surface area contributed by atoms with Gasteiger partial charge in [0, 0.05) is 13.1 Å². The molecule has 5 heteroatoms. The third-order valence-electron chi connectivity index (χ3n) is 4.86. The van der Waals surface area contributed by atoms with Gasteiger partial charge in [0.05, 0.1) is 17.6 Å². The number of carbonyl (C=O) groups is 1. The molecule has 0 spiro atoms. The lowest BCUT2D eigenvalue weighted by Crippen LogP contribution is -2.35. The van der Waals surface area contributed by atoms with Crippen LogP contribution in [0.3, 0.4) is 0 Å².